The van der Waals surface area contributed by atoms with E-state index in [-0.39, 0.29) is 11.3 Å². The van der Waals surface area contributed by atoms with Gasteiger partial charge in [-0.3, -0.25) is 4.79 Å². The number of aryl methyl sites for hydroxylation is 1. The van der Waals surface area contributed by atoms with Crippen LogP contribution in [0.1, 0.15) is 97.0 Å². The van der Waals surface area contributed by atoms with Crippen LogP contribution in [0.2, 0.25) is 0 Å². The van der Waals surface area contributed by atoms with Crippen molar-refractivity contribution in [3.63, 3.8) is 0 Å². The highest BCUT2D eigenvalue weighted by molar-refractivity contribution is 5.76. The fourth-order valence-corrected chi connectivity index (χ4v) is 4.84. The van der Waals surface area contributed by atoms with Gasteiger partial charge in [-0.1, -0.05) is 60.8 Å². The molecule has 1 aromatic rings. The molecule has 2 rings (SSSR count). The minimum atomic E-state index is 0.103. The summed E-state index contributed by atoms with van der Waals surface area (Å²) in [6, 6.07) is 2.31. The Kier molecular flexibility index (Phi) is 7.59. The van der Waals surface area contributed by atoms with Crippen LogP contribution < -0.4 is 5.32 Å². The van der Waals surface area contributed by atoms with Gasteiger partial charge in [-0.15, -0.1) is 0 Å². The van der Waals surface area contributed by atoms with Crippen LogP contribution in [0.5, 0.6) is 0 Å². The summed E-state index contributed by atoms with van der Waals surface area (Å²) in [4.78, 5) is 16.0. The highest BCUT2D eigenvalue weighted by Crippen LogP contribution is 2.43. The van der Waals surface area contributed by atoms with E-state index in [4.69, 9.17) is 0 Å². The number of hydrogen-bond donors (Lipinski definition) is 2. The van der Waals surface area contributed by atoms with E-state index in [9.17, 15) is 4.79 Å². The van der Waals surface area contributed by atoms with Gasteiger partial charge in [0.25, 0.3) is 0 Å². The molecule has 27 heavy (non-hydrogen) atoms. The molecule has 1 saturated carbocycles. The van der Waals surface area contributed by atoms with Crippen LogP contribution in [-0.2, 0) is 16.8 Å². The first-order valence-electron chi connectivity index (χ1n) is 11.2. The Morgan fingerprint density at radius 3 is 2.44 bits per heavy atom. The van der Waals surface area contributed by atoms with Crippen LogP contribution in [0.4, 0.5) is 0 Å². The van der Waals surface area contributed by atoms with Gasteiger partial charge in [0, 0.05) is 29.8 Å². The van der Waals surface area contributed by atoms with Crippen molar-refractivity contribution in [3.05, 3.63) is 23.0 Å². The Labute approximate surface area is 167 Å². The average Bonchev–Trinajstić information content (AvgIpc) is 3.27. The summed E-state index contributed by atoms with van der Waals surface area (Å²) in [5, 5.41) is 3.16. The molecule has 3 atom stereocenters. The summed E-state index contributed by atoms with van der Waals surface area (Å²) in [6.07, 6.45) is 6.93. The van der Waals surface area contributed by atoms with Gasteiger partial charge in [0.05, 0.1) is 0 Å². The van der Waals surface area contributed by atoms with E-state index in [2.05, 4.69) is 64.8 Å². The molecule has 1 aromatic heterocycles. The summed E-state index contributed by atoms with van der Waals surface area (Å²) >= 11 is 0. The predicted molar refractivity (Wildman–Crippen MR) is 115 cm³/mol. The second-order valence-corrected chi connectivity index (χ2v) is 9.58. The fourth-order valence-electron chi connectivity index (χ4n) is 4.84. The molecule has 3 nitrogen and oxygen atoms in total. The van der Waals surface area contributed by atoms with Gasteiger partial charge >= 0.3 is 0 Å². The van der Waals surface area contributed by atoms with Crippen LogP contribution in [0, 0.1) is 30.6 Å². The van der Waals surface area contributed by atoms with Crippen molar-refractivity contribution < 1.29 is 4.79 Å². The Hall–Kier alpha value is -1.25. The minimum Gasteiger partial charge on any atom is -0.362 e. The third-order valence-corrected chi connectivity index (χ3v) is 7.77. The molecule has 2 N–H and O–H groups in total. The summed E-state index contributed by atoms with van der Waals surface area (Å²) in [6.45, 7) is 16.9. The summed E-state index contributed by atoms with van der Waals surface area (Å²) in [5.74, 6) is 2.63. The first-order chi connectivity index (χ1) is 12.7. The molecule has 0 aromatic carbocycles. The SMILES string of the molecule is CCC(C)C(C)C(C)(c1cc(CNC(=O)CC2CCCC2)c(C)[nH]1)C(C)C. The van der Waals surface area contributed by atoms with Crippen molar-refractivity contribution >= 4 is 5.91 Å². The maximum Gasteiger partial charge on any atom is 0.220 e. The zero-order valence-corrected chi connectivity index (χ0v) is 18.7. The Morgan fingerprint density at radius 2 is 1.89 bits per heavy atom. The number of carbonyl (C=O) groups excluding carboxylic acids is 1. The van der Waals surface area contributed by atoms with Gasteiger partial charge in [0.15, 0.2) is 0 Å². The molecular weight excluding hydrogens is 332 g/mol. The lowest BCUT2D eigenvalue weighted by molar-refractivity contribution is -0.122. The molecule has 0 radical (unpaired) electrons. The van der Waals surface area contributed by atoms with E-state index in [0.717, 1.165) is 0 Å². The molecule has 1 aliphatic carbocycles. The number of nitrogens with one attached hydrogen (secondary N) is 2. The van der Waals surface area contributed by atoms with Crippen molar-refractivity contribution in [2.75, 3.05) is 0 Å². The summed E-state index contributed by atoms with van der Waals surface area (Å²) < 4.78 is 0. The molecule has 1 heterocycles. The number of aromatic nitrogens is 1. The molecule has 3 unspecified atom stereocenters. The Bertz CT molecular complexity index is 612. The molecule has 1 amide bonds. The van der Waals surface area contributed by atoms with Crippen LogP contribution in [-0.4, -0.2) is 10.9 Å². The van der Waals surface area contributed by atoms with E-state index < -0.39 is 0 Å². The largest absolute Gasteiger partial charge is 0.362 e. The van der Waals surface area contributed by atoms with E-state index in [1.807, 2.05) is 0 Å². The monoisotopic (exact) mass is 374 g/mol. The van der Waals surface area contributed by atoms with Gasteiger partial charge < -0.3 is 10.3 Å². The van der Waals surface area contributed by atoms with E-state index in [1.165, 1.54) is 49.1 Å². The second-order valence-electron chi connectivity index (χ2n) is 9.58. The topological polar surface area (TPSA) is 44.9 Å². The van der Waals surface area contributed by atoms with Crippen LogP contribution in [0.15, 0.2) is 6.07 Å². The number of hydrogen-bond acceptors (Lipinski definition) is 1. The lowest BCUT2D eigenvalue weighted by Crippen LogP contribution is -2.39. The van der Waals surface area contributed by atoms with E-state index in [1.54, 1.807) is 0 Å². The van der Waals surface area contributed by atoms with Crippen LogP contribution >= 0.6 is 0 Å². The molecule has 0 spiro atoms. The smallest absolute Gasteiger partial charge is 0.220 e. The van der Waals surface area contributed by atoms with Crippen molar-refractivity contribution in [1.29, 1.82) is 0 Å². The molecule has 0 aliphatic heterocycles. The molecule has 154 valence electrons. The number of carbonyl (C=O) groups is 1. The van der Waals surface area contributed by atoms with E-state index >= 15 is 0 Å². The summed E-state index contributed by atoms with van der Waals surface area (Å²) in [7, 11) is 0. The van der Waals surface area contributed by atoms with Gasteiger partial charge in [0.2, 0.25) is 5.91 Å². The molecule has 1 fully saturated rings. The van der Waals surface area contributed by atoms with Gasteiger partial charge in [-0.2, -0.15) is 0 Å². The van der Waals surface area contributed by atoms with Crippen molar-refractivity contribution in [3.8, 4) is 0 Å². The van der Waals surface area contributed by atoms with Crippen LogP contribution in [0.25, 0.3) is 0 Å². The highest BCUT2D eigenvalue weighted by atomic mass is 16.1. The summed E-state index contributed by atoms with van der Waals surface area (Å²) in [5.41, 5.74) is 3.84. The number of amides is 1. The molecule has 3 heteroatoms. The minimum absolute atomic E-state index is 0.103. The molecule has 0 saturated heterocycles. The standard InChI is InChI=1S/C24H42N2O/c1-8-17(4)18(5)24(7,16(2)3)22-14-21(19(6)26-22)15-25-23(27)13-20-11-9-10-12-20/h14,16-18,20,26H,8-13,15H2,1-7H3,(H,25,27). The molecule has 1 aliphatic rings. The second kappa shape index (κ2) is 9.30. The highest BCUT2D eigenvalue weighted by Gasteiger charge is 2.39. The maximum absolute atomic E-state index is 12.3. The Morgan fingerprint density at radius 1 is 1.26 bits per heavy atom. The first kappa shape index (κ1) is 22.0. The zero-order valence-electron chi connectivity index (χ0n) is 18.7. The normalized spacial score (nSPS) is 19.9. The third kappa shape index (κ3) is 4.97. The third-order valence-electron chi connectivity index (χ3n) is 7.77. The van der Waals surface area contributed by atoms with Crippen LogP contribution in [0.3, 0.4) is 0 Å². The van der Waals surface area contributed by atoms with E-state index in [0.29, 0.717) is 36.6 Å². The number of aromatic amines is 1. The van der Waals surface area contributed by atoms with Gasteiger partial charge in [0.1, 0.15) is 0 Å². The van der Waals surface area contributed by atoms with Crippen molar-refractivity contribution in [2.45, 2.75) is 99.0 Å². The molecule has 0 bridgehead atoms. The lowest BCUT2D eigenvalue weighted by atomic mass is 9.63. The molecular formula is C24H42N2O. The maximum atomic E-state index is 12.3. The quantitative estimate of drug-likeness (QED) is 0.537. The van der Waals surface area contributed by atoms with Gasteiger partial charge in [-0.25, -0.2) is 0 Å². The Balaban J connectivity index is 2.09. The zero-order chi connectivity index (χ0) is 20.2. The van der Waals surface area contributed by atoms with Crippen molar-refractivity contribution in [2.24, 2.45) is 23.7 Å². The van der Waals surface area contributed by atoms with Gasteiger partial charge in [-0.05, 0) is 55.1 Å². The fraction of sp³-hybridized carbons (Fsp3) is 0.792. The average molecular weight is 375 g/mol. The first-order valence-corrected chi connectivity index (χ1v) is 11.2. The lowest BCUT2D eigenvalue weighted by Gasteiger charge is -2.42. The number of H-pyrrole nitrogens is 1. The predicted octanol–water partition coefficient (Wildman–Crippen LogP) is 6.12. The van der Waals surface area contributed by atoms with Crippen molar-refractivity contribution in [1.82, 2.24) is 10.3 Å². The number of rotatable bonds is 9.